The summed E-state index contributed by atoms with van der Waals surface area (Å²) in [6.07, 6.45) is -5.53. The molecule has 0 unspecified atom stereocenters. The van der Waals surface area contributed by atoms with Crippen LogP contribution in [0.2, 0.25) is 0 Å². The Bertz CT molecular complexity index is 1840. The summed E-state index contributed by atoms with van der Waals surface area (Å²) in [6, 6.07) is 15.2. The van der Waals surface area contributed by atoms with Crippen LogP contribution >= 0.6 is 11.8 Å². The lowest BCUT2D eigenvalue weighted by Gasteiger charge is -2.44. The zero-order valence-corrected chi connectivity index (χ0v) is 28.8. The summed E-state index contributed by atoms with van der Waals surface area (Å²) in [7, 11) is 1.35. The first-order valence-corrected chi connectivity index (χ1v) is 16.0. The third-order valence-electron chi connectivity index (χ3n) is 7.32. The van der Waals surface area contributed by atoms with Gasteiger partial charge in [0.15, 0.2) is 41.0 Å². The smallest absolute Gasteiger partial charge is 0.303 e. The van der Waals surface area contributed by atoms with E-state index in [2.05, 4.69) is 6.07 Å². The number of nitrogens with zero attached hydrogens (tertiary/aromatic N) is 2. The normalized spacial score (nSPS) is 19.7. The summed E-state index contributed by atoms with van der Waals surface area (Å²) in [5.41, 5.74) is -0.0643. The second kappa shape index (κ2) is 16.3. The zero-order chi connectivity index (χ0) is 36.7. The van der Waals surface area contributed by atoms with Gasteiger partial charge in [0, 0.05) is 38.8 Å². The van der Waals surface area contributed by atoms with Crippen LogP contribution in [0.1, 0.15) is 50.5 Å². The van der Waals surface area contributed by atoms with Gasteiger partial charge in [-0.25, -0.2) is 4.98 Å². The number of rotatable bonds is 11. The second-order valence-corrected chi connectivity index (χ2v) is 12.1. The Morgan fingerprint density at radius 2 is 1.48 bits per heavy atom. The number of phenols is 1. The minimum atomic E-state index is -1.46. The number of pyridine rings is 1. The molecule has 1 saturated heterocycles. The number of carbonyl (C=O) groups is 5. The quantitative estimate of drug-likeness (QED) is 0.167. The van der Waals surface area contributed by atoms with Crippen LogP contribution in [0.4, 0.5) is 0 Å². The average molecular weight is 707 g/mol. The lowest BCUT2D eigenvalue weighted by atomic mass is 9.90. The van der Waals surface area contributed by atoms with Crippen LogP contribution in [0.25, 0.3) is 22.4 Å². The minimum absolute atomic E-state index is 0.0132. The van der Waals surface area contributed by atoms with E-state index >= 15 is 0 Å². The van der Waals surface area contributed by atoms with Crippen LogP contribution in [0.5, 0.6) is 11.5 Å². The summed E-state index contributed by atoms with van der Waals surface area (Å²) in [4.78, 5) is 66.9. The van der Waals surface area contributed by atoms with Crippen molar-refractivity contribution in [1.29, 1.82) is 5.26 Å². The van der Waals surface area contributed by atoms with Gasteiger partial charge in [-0.3, -0.25) is 24.0 Å². The molecule has 0 radical (unpaired) electrons. The van der Waals surface area contributed by atoms with Crippen molar-refractivity contribution in [2.45, 2.75) is 69.5 Å². The Hall–Kier alpha value is -5.46. The molecule has 0 bridgehead atoms. The van der Waals surface area contributed by atoms with Crippen LogP contribution in [0.3, 0.4) is 0 Å². The van der Waals surface area contributed by atoms with Gasteiger partial charge < -0.3 is 33.5 Å². The molecule has 5 atom stereocenters. The van der Waals surface area contributed by atoms with Gasteiger partial charge in [-0.15, -0.1) is 0 Å². The van der Waals surface area contributed by atoms with Crippen molar-refractivity contribution >= 4 is 41.4 Å². The number of ether oxygens (including phenoxy) is 6. The molecule has 14 nitrogen and oxygen atoms in total. The lowest BCUT2D eigenvalue weighted by molar-refractivity contribution is -0.237. The van der Waals surface area contributed by atoms with Gasteiger partial charge in [0.25, 0.3) is 0 Å². The molecular weight excluding hydrogens is 672 g/mol. The first-order chi connectivity index (χ1) is 23.7. The number of esters is 4. The molecular formula is C35H34N2O12S. The highest BCUT2D eigenvalue weighted by atomic mass is 32.2. The van der Waals surface area contributed by atoms with Gasteiger partial charge in [0.1, 0.15) is 23.8 Å². The maximum absolute atomic E-state index is 13.4. The van der Waals surface area contributed by atoms with Gasteiger partial charge in [-0.05, 0) is 24.6 Å². The number of aromatic hydroxyl groups is 1. The van der Waals surface area contributed by atoms with E-state index in [4.69, 9.17) is 33.4 Å². The highest BCUT2D eigenvalue weighted by Gasteiger charge is 2.53. The number of methoxy groups -OCH3 is 1. The third kappa shape index (κ3) is 8.57. The Kier molecular flexibility index (Phi) is 12.2. The molecule has 262 valence electrons. The Labute approximate surface area is 291 Å². The summed E-state index contributed by atoms with van der Waals surface area (Å²) in [5.74, 6) is -3.59. The van der Waals surface area contributed by atoms with Gasteiger partial charge in [-0.1, -0.05) is 48.2 Å². The maximum atomic E-state index is 13.4. The highest BCUT2D eigenvalue weighted by molar-refractivity contribution is 7.99. The van der Waals surface area contributed by atoms with E-state index in [1.54, 1.807) is 30.3 Å². The zero-order valence-electron chi connectivity index (χ0n) is 28.0. The molecule has 2 heterocycles. The summed E-state index contributed by atoms with van der Waals surface area (Å²) in [6.45, 7) is 5.37. The molecule has 1 aliphatic heterocycles. The van der Waals surface area contributed by atoms with E-state index < -0.39 is 66.1 Å². The minimum Gasteiger partial charge on any atom is -0.504 e. The van der Waals surface area contributed by atoms with E-state index in [1.165, 1.54) is 32.2 Å². The molecule has 0 amide bonds. The predicted octanol–water partition coefficient (Wildman–Crippen LogP) is 4.38. The molecule has 1 aromatic heterocycles. The topological polar surface area (TPSA) is 198 Å². The summed E-state index contributed by atoms with van der Waals surface area (Å²) < 4.78 is 33.4. The summed E-state index contributed by atoms with van der Waals surface area (Å²) in [5, 5.41) is 21.0. The molecule has 50 heavy (non-hydrogen) atoms. The number of carbonyl (C=O) groups excluding carboxylic acids is 5. The molecule has 0 spiro atoms. The van der Waals surface area contributed by atoms with Crippen LogP contribution in [0, 0.1) is 11.3 Å². The van der Waals surface area contributed by atoms with Crippen molar-refractivity contribution in [3.63, 3.8) is 0 Å². The Morgan fingerprint density at radius 1 is 0.860 bits per heavy atom. The lowest BCUT2D eigenvalue weighted by Crippen LogP contribution is -2.61. The van der Waals surface area contributed by atoms with E-state index in [9.17, 15) is 34.3 Å². The van der Waals surface area contributed by atoms with Crippen LogP contribution in [-0.4, -0.2) is 83.3 Å². The fourth-order valence-electron chi connectivity index (χ4n) is 5.42. The number of phenolic OH excluding ortho intramolecular Hbond substituents is 1. The fourth-order valence-corrected chi connectivity index (χ4v) is 6.59. The molecule has 1 fully saturated rings. The van der Waals surface area contributed by atoms with E-state index in [0.717, 1.165) is 39.5 Å². The van der Waals surface area contributed by atoms with Crippen molar-refractivity contribution in [3.8, 4) is 40.0 Å². The Morgan fingerprint density at radius 3 is 2.04 bits per heavy atom. The average Bonchev–Trinajstić information content (AvgIpc) is 3.05. The number of aromatic nitrogens is 1. The van der Waals surface area contributed by atoms with Crippen LogP contribution in [0.15, 0.2) is 53.6 Å². The molecule has 4 rings (SSSR count). The number of thioether (sulfide) groups is 1. The second-order valence-electron chi connectivity index (χ2n) is 11.0. The van der Waals surface area contributed by atoms with Gasteiger partial charge in [0.05, 0.1) is 23.9 Å². The SMILES string of the molecule is COc1cc(-c2c(C#N)c(S[C@@H]3O[C@H](COC(C)=O)[C@H](OC(C)=O)[C@H](OC(C)=O)[C@H]3OC(C)=O)nc(-c3ccccc3)c2C(C)=O)ccc1O. The molecule has 0 aliphatic carbocycles. The molecule has 15 heteroatoms. The van der Waals surface area contributed by atoms with Crippen molar-refractivity contribution in [2.24, 2.45) is 0 Å². The highest BCUT2D eigenvalue weighted by Crippen LogP contribution is 2.44. The van der Waals surface area contributed by atoms with Crippen LogP contribution < -0.4 is 4.74 Å². The first-order valence-electron chi connectivity index (χ1n) is 15.1. The number of ketones is 1. The van der Waals surface area contributed by atoms with E-state index in [-0.39, 0.29) is 38.9 Å². The number of hydrogen-bond acceptors (Lipinski definition) is 15. The third-order valence-corrected chi connectivity index (χ3v) is 8.45. The fraction of sp³-hybridized carbons (Fsp3) is 0.343. The van der Waals surface area contributed by atoms with Crippen molar-refractivity contribution in [2.75, 3.05) is 13.7 Å². The van der Waals surface area contributed by atoms with Crippen LogP contribution in [-0.2, 0) is 42.9 Å². The molecule has 1 N–H and O–H groups in total. The van der Waals surface area contributed by atoms with Crippen molar-refractivity contribution < 1.29 is 57.5 Å². The van der Waals surface area contributed by atoms with Gasteiger partial charge >= 0.3 is 23.9 Å². The monoisotopic (exact) mass is 706 g/mol. The van der Waals surface area contributed by atoms with Crippen molar-refractivity contribution in [1.82, 2.24) is 4.98 Å². The number of hydrogen-bond donors (Lipinski definition) is 1. The molecule has 1 aliphatic rings. The maximum Gasteiger partial charge on any atom is 0.303 e. The largest absolute Gasteiger partial charge is 0.504 e. The predicted molar refractivity (Wildman–Crippen MR) is 176 cm³/mol. The van der Waals surface area contributed by atoms with Crippen molar-refractivity contribution in [3.05, 3.63) is 59.7 Å². The Balaban J connectivity index is 2.01. The van der Waals surface area contributed by atoms with E-state index in [0.29, 0.717) is 11.1 Å². The van der Waals surface area contributed by atoms with E-state index in [1.807, 2.05) is 0 Å². The standard InChI is InChI=1S/C35H34N2O12S/c1-17(38)28-29(23-12-13-25(43)26(14-23)44-6)24(15-36)34(37-30(28)22-10-8-7-9-11-22)50-35-33(48-21(5)42)32(47-20(4)41)31(46-19(3)40)27(49-35)16-45-18(2)39/h7-14,27,31-33,35,43H,16H2,1-6H3/t27-,31+,32+,33-,35+/m1/s1. The first kappa shape index (κ1) is 37.4. The van der Waals surface area contributed by atoms with Gasteiger partial charge in [0.2, 0.25) is 0 Å². The number of nitriles is 1. The molecule has 3 aromatic rings. The number of benzene rings is 2. The molecule has 0 saturated carbocycles. The number of Topliss-reactive ketones (excluding diaryl/α,β-unsaturated/α-hetero) is 1. The summed E-state index contributed by atoms with van der Waals surface area (Å²) >= 11 is 0.810. The molecule has 2 aromatic carbocycles. The van der Waals surface area contributed by atoms with Gasteiger partial charge in [-0.2, -0.15) is 5.26 Å².